The van der Waals surface area contributed by atoms with Crippen LogP contribution in [-0.4, -0.2) is 11.0 Å². The third-order valence-corrected chi connectivity index (χ3v) is 3.24. The molecule has 1 heterocycles. The summed E-state index contributed by atoms with van der Waals surface area (Å²) >= 11 is 1.73. The van der Waals surface area contributed by atoms with Crippen LogP contribution in [0.25, 0.3) is 0 Å². The fourth-order valence-corrected chi connectivity index (χ4v) is 2.25. The fraction of sp³-hybridized carbons (Fsp3) is 0.417. The first-order valence-electron chi connectivity index (χ1n) is 4.89. The van der Waals surface area contributed by atoms with Gasteiger partial charge in [-0.1, -0.05) is 12.2 Å². The van der Waals surface area contributed by atoms with Gasteiger partial charge in [-0.05, 0) is 26.8 Å². The highest BCUT2D eigenvalue weighted by Crippen LogP contribution is 2.35. The Morgan fingerprint density at radius 2 is 2.27 bits per heavy atom. The van der Waals surface area contributed by atoms with Crippen LogP contribution in [0.3, 0.4) is 0 Å². The van der Waals surface area contributed by atoms with E-state index < -0.39 is 0 Å². The van der Waals surface area contributed by atoms with Gasteiger partial charge in [0.2, 0.25) is 0 Å². The van der Waals surface area contributed by atoms with Gasteiger partial charge in [0.15, 0.2) is 0 Å². The first kappa shape index (κ1) is 12.1. The number of aldehydes is 1. The molecule has 0 aliphatic heterocycles. The van der Waals surface area contributed by atoms with Gasteiger partial charge in [-0.2, -0.15) is 0 Å². The first-order chi connectivity index (χ1) is 7.05. The molecule has 1 aromatic rings. The number of furan rings is 1. The molecule has 0 aromatic carbocycles. The van der Waals surface area contributed by atoms with Crippen molar-refractivity contribution in [1.29, 1.82) is 0 Å². The van der Waals surface area contributed by atoms with Crippen molar-refractivity contribution in [1.82, 2.24) is 0 Å². The first-order valence-corrected chi connectivity index (χ1v) is 5.71. The molecule has 82 valence electrons. The highest BCUT2D eigenvalue weighted by Gasteiger charge is 2.17. The van der Waals surface area contributed by atoms with Gasteiger partial charge in [-0.15, -0.1) is 11.8 Å². The van der Waals surface area contributed by atoms with E-state index in [1.54, 1.807) is 18.0 Å². The minimum absolute atomic E-state index is 0.0162. The summed E-state index contributed by atoms with van der Waals surface area (Å²) in [5.74, 6) is 0.942. The van der Waals surface area contributed by atoms with Crippen LogP contribution in [0.5, 0.6) is 0 Å². The zero-order valence-electron chi connectivity index (χ0n) is 9.32. The lowest BCUT2D eigenvalue weighted by atomic mass is 10.2. The molecule has 0 radical (unpaired) electrons. The lowest BCUT2D eigenvalue weighted by Crippen LogP contribution is -2.09. The summed E-state index contributed by atoms with van der Waals surface area (Å²) in [4.78, 5) is 11.3. The van der Waals surface area contributed by atoms with Gasteiger partial charge in [0.25, 0.3) is 0 Å². The maximum Gasteiger partial charge on any atom is 0.123 e. The van der Waals surface area contributed by atoms with Crippen LogP contribution in [0.4, 0.5) is 0 Å². The maximum absolute atomic E-state index is 10.2. The number of carbonyl (C=O) groups is 1. The summed E-state index contributed by atoms with van der Waals surface area (Å²) in [6.45, 7) is 6.18. The molecule has 1 rings (SSSR count). The summed E-state index contributed by atoms with van der Waals surface area (Å²) in [5.41, 5.74) is 0. The third kappa shape index (κ3) is 3.96. The zero-order chi connectivity index (χ0) is 11.3. The Kier molecular flexibility index (Phi) is 4.21. The number of aryl methyl sites for hydroxylation is 1. The molecular formula is C12H16O2S. The van der Waals surface area contributed by atoms with E-state index in [9.17, 15) is 4.79 Å². The number of thioether (sulfide) groups is 1. The average Bonchev–Trinajstić information content (AvgIpc) is 2.51. The van der Waals surface area contributed by atoms with E-state index in [1.807, 2.05) is 19.1 Å². The van der Waals surface area contributed by atoms with Gasteiger partial charge in [-0.3, -0.25) is 0 Å². The number of allylic oxidation sites excluding steroid dienone is 1. The molecule has 0 saturated carbocycles. The van der Waals surface area contributed by atoms with Crippen molar-refractivity contribution in [3.63, 3.8) is 0 Å². The van der Waals surface area contributed by atoms with Crippen LogP contribution < -0.4 is 0 Å². The predicted molar refractivity (Wildman–Crippen MR) is 63.2 cm³/mol. The molecule has 15 heavy (non-hydrogen) atoms. The van der Waals surface area contributed by atoms with Crippen LogP contribution in [0.2, 0.25) is 0 Å². The van der Waals surface area contributed by atoms with E-state index in [0.717, 1.165) is 16.9 Å². The topological polar surface area (TPSA) is 30.2 Å². The van der Waals surface area contributed by atoms with Crippen LogP contribution in [0.1, 0.15) is 26.0 Å². The molecule has 1 aromatic heterocycles. The average molecular weight is 224 g/mol. The van der Waals surface area contributed by atoms with Crippen molar-refractivity contribution in [3.05, 3.63) is 30.2 Å². The SMILES string of the molecule is Cc1occc1SC(C)(C)/C=C/CC=O. The Balaban J connectivity index is 2.63. The van der Waals surface area contributed by atoms with Crippen molar-refractivity contribution in [2.24, 2.45) is 0 Å². The molecular weight excluding hydrogens is 208 g/mol. The molecule has 3 heteroatoms. The van der Waals surface area contributed by atoms with Crippen LogP contribution in [-0.2, 0) is 4.79 Å². The lowest BCUT2D eigenvalue weighted by molar-refractivity contribution is -0.107. The lowest BCUT2D eigenvalue weighted by Gasteiger charge is -2.18. The summed E-state index contributed by atoms with van der Waals surface area (Å²) in [6.07, 6.45) is 7.03. The summed E-state index contributed by atoms with van der Waals surface area (Å²) < 4.78 is 5.22. The number of hydrogen-bond acceptors (Lipinski definition) is 3. The second kappa shape index (κ2) is 5.21. The van der Waals surface area contributed by atoms with E-state index >= 15 is 0 Å². The third-order valence-electron chi connectivity index (χ3n) is 1.94. The minimum Gasteiger partial charge on any atom is -0.468 e. The summed E-state index contributed by atoms with van der Waals surface area (Å²) in [5, 5.41) is 0. The largest absolute Gasteiger partial charge is 0.468 e. The Morgan fingerprint density at radius 1 is 1.53 bits per heavy atom. The minimum atomic E-state index is -0.0162. The molecule has 0 aliphatic rings. The molecule has 0 fully saturated rings. The number of carbonyl (C=O) groups excluding carboxylic acids is 1. The summed E-state index contributed by atoms with van der Waals surface area (Å²) in [6, 6.07) is 1.97. The molecule has 0 unspecified atom stereocenters. The summed E-state index contributed by atoms with van der Waals surface area (Å²) in [7, 11) is 0. The molecule has 0 N–H and O–H groups in total. The monoisotopic (exact) mass is 224 g/mol. The molecule has 2 nitrogen and oxygen atoms in total. The van der Waals surface area contributed by atoms with E-state index in [-0.39, 0.29) is 4.75 Å². The van der Waals surface area contributed by atoms with E-state index in [2.05, 4.69) is 19.9 Å². The molecule has 0 saturated heterocycles. The van der Waals surface area contributed by atoms with Crippen molar-refractivity contribution >= 4 is 18.0 Å². The van der Waals surface area contributed by atoms with Gasteiger partial charge in [-0.25, -0.2) is 0 Å². The van der Waals surface area contributed by atoms with Gasteiger partial charge in [0.05, 0.1) is 6.26 Å². The fourth-order valence-electron chi connectivity index (χ4n) is 1.20. The van der Waals surface area contributed by atoms with Crippen LogP contribution in [0, 0.1) is 6.92 Å². The van der Waals surface area contributed by atoms with E-state index in [4.69, 9.17) is 4.42 Å². The molecule has 0 amide bonds. The zero-order valence-corrected chi connectivity index (χ0v) is 10.1. The van der Waals surface area contributed by atoms with Gasteiger partial charge in [0.1, 0.15) is 12.0 Å². The second-order valence-electron chi connectivity index (χ2n) is 3.85. The van der Waals surface area contributed by atoms with Crippen molar-refractivity contribution < 1.29 is 9.21 Å². The highest BCUT2D eigenvalue weighted by molar-refractivity contribution is 8.00. The maximum atomic E-state index is 10.2. The highest BCUT2D eigenvalue weighted by atomic mass is 32.2. The molecule has 0 atom stereocenters. The van der Waals surface area contributed by atoms with Gasteiger partial charge in [0, 0.05) is 16.1 Å². The molecule has 0 bridgehead atoms. The van der Waals surface area contributed by atoms with E-state index in [1.165, 1.54) is 0 Å². The van der Waals surface area contributed by atoms with Gasteiger partial charge < -0.3 is 9.21 Å². The van der Waals surface area contributed by atoms with Crippen molar-refractivity contribution in [3.8, 4) is 0 Å². The van der Waals surface area contributed by atoms with Crippen LogP contribution in [0.15, 0.2) is 33.8 Å². The van der Waals surface area contributed by atoms with Crippen molar-refractivity contribution in [2.75, 3.05) is 0 Å². The Bertz CT molecular complexity index is 350. The Hall–Kier alpha value is -0.960. The number of hydrogen-bond donors (Lipinski definition) is 0. The molecule has 0 aliphatic carbocycles. The second-order valence-corrected chi connectivity index (χ2v) is 5.55. The van der Waals surface area contributed by atoms with E-state index in [0.29, 0.717) is 6.42 Å². The predicted octanol–water partition coefficient (Wildman–Crippen LogP) is 3.60. The molecule has 0 spiro atoms. The Morgan fingerprint density at radius 3 is 2.80 bits per heavy atom. The smallest absolute Gasteiger partial charge is 0.123 e. The van der Waals surface area contributed by atoms with Crippen LogP contribution >= 0.6 is 11.8 Å². The van der Waals surface area contributed by atoms with Gasteiger partial charge >= 0.3 is 0 Å². The van der Waals surface area contributed by atoms with Crippen molar-refractivity contribution in [2.45, 2.75) is 36.8 Å². The Labute approximate surface area is 94.7 Å². The normalized spacial score (nSPS) is 12.2. The quantitative estimate of drug-likeness (QED) is 0.435. The standard InChI is InChI=1S/C12H16O2S/c1-10-11(6-9-14-10)15-12(2,3)7-4-5-8-13/h4,6-9H,5H2,1-3H3/b7-4+. The number of rotatable bonds is 5.